The molecule has 2 heteroatoms. The minimum atomic E-state index is 0.500. The van der Waals surface area contributed by atoms with Gasteiger partial charge in [0.1, 0.15) is 5.76 Å². The third-order valence-electron chi connectivity index (χ3n) is 3.57. The van der Waals surface area contributed by atoms with Crippen LogP contribution in [0.4, 0.5) is 0 Å². The molecule has 2 nitrogen and oxygen atoms in total. The molecule has 0 aliphatic heterocycles. The summed E-state index contributed by atoms with van der Waals surface area (Å²) in [6.45, 7) is 15.7. The van der Waals surface area contributed by atoms with Gasteiger partial charge in [0.2, 0.25) is 0 Å². The summed E-state index contributed by atoms with van der Waals surface area (Å²) in [4.78, 5) is 0. The highest BCUT2D eigenvalue weighted by Crippen LogP contribution is 2.24. The molecule has 0 aliphatic carbocycles. The van der Waals surface area contributed by atoms with Crippen LogP contribution in [0, 0.1) is 11.8 Å². The average Bonchev–Trinajstić information content (AvgIpc) is 2.42. The molecule has 0 radical (unpaired) electrons. The molecule has 1 unspecified atom stereocenters. The summed E-state index contributed by atoms with van der Waals surface area (Å²) >= 11 is 0. The summed E-state index contributed by atoms with van der Waals surface area (Å²) in [5.74, 6) is 1.97. The Balaban J connectivity index is 4.61. The predicted octanol–water partition coefficient (Wildman–Crippen LogP) is 5.13. The van der Waals surface area contributed by atoms with Gasteiger partial charge in [0.05, 0.1) is 7.11 Å². The third kappa shape index (κ3) is 8.21. The van der Waals surface area contributed by atoms with Gasteiger partial charge in [-0.1, -0.05) is 52.0 Å². The highest BCUT2D eigenvalue weighted by molar-refractivity contribution is 5.32. The van der Waals surface area contributed by atoms with Gasteiger partial charge in [0, 0.05) is 13.7 Å². The zero-order valence-electron chi connectivity index (χ0n) is 14.0. The van der Waals surface area contributed by atoms with Gasteiger partial charge < -0.3 is 9.47 Å². The molecule has 0 saturated heterocycles. The largest absolute Gasteiger partial charge is 0.497 e. The second-order valence-electron chi connectivity index (χ2n) is 5.84. The first-order valence-corrected chi connectivity index (χ1v) is 7.53. The highest BCUT2D eigenvalue weighted by Gasteiger charge is 2.09. The fourth-order valence-corrected chi connectivity index (χ4v) is 1.96. The molecule has 1 atom stereocenters. The maximum Gasteiger partial charge on any atom is 0.114 e. The van der Waals surface area contributed by atoms with E-state index >= 15 is 0 Å². The molecular formula is C18H32O2. The van der Waals surface area contributed by atoms with Crippen LogP contribution in [0.25, 0.3) is 0 Å². The van der Waals surface area contributed by atoms with Crippen molar-refractivity contribution in [3.05, 3.63) is 36.1 Å². The molecule has 0 aliphatic rings. The number of allylic oxidation sites excluding steroid dienone is 3. The van der Waals surface area contributed by atoms with Crippen LogP contribution in [0.3, 0.4) is 0 Å². The first-order valence-electron chi connectivity index (χ1n) is 7.53. The van der Waals surface area contributed by atoms with Gasteiger partial charge in [0.25, 0.3) is 0 Å². The lowest BCUT2D eigenvalue weighted by molar-refractivity contribution is 0.194. The smallest absolute Gasteiger partial charge is 0.114 e. The molecule has 0 N–H and O–H groups in total. The van der Waals surface area contributed by atoms with Crippen molar-refractivity contribution in [2.75, 3.05) is 20.8 Å². The van der Waals surface area contributed by atoms with Gasteiger partial charge >= 0.3 is 0 Å². The molecule has 0 spiro atoms. The lowest BCUT2D eigenvalue weighted by Gasteiger charge is -2.16. The third-order valence-corrected chi connectivity index (χ3v) is 3.57. The van der Waals surface area contributed by atoms with E-state index in [0.717, 1.165) is 42.3 Å². The van der Waals surface area contributed by atoms with Crippen molar-refractivity contribution >= 4 is 0 Å². The fraction of sp³-hybridized carbons (Fsp3) is 0.667. The molecule has 116 valence electrons. The average molecular weight is 280 g/mol. The van der Waals surface area contributed by atoms with E-state index in [-0.39, 0.29) is 0 Å². The van der Waals surface area contributed by atoms with E-state index in [1.807, 2.05) is 0 Å². The van der Waals surface area contributed by atoms with Crippen LogP contribution in [0.5, 0.6) is 0 Å². The summed E-state index contributed by atoms with van der Waals surface area (Å²) in [5.41, 5.74) is 2.29. The van der Waals surface area contributed by atoms with E-state index in [0.29, 0.717) is 5.92 Å². The number of hydrogen-bond donors (Lipinski definition) is 0. The van der Waals surface area contributed by atoms with E-state index in [9.17, 15) is 0 Å². The fourth-order valence-electron chi connectivity index (χ4n) is 1.96. The van der Waals surface area contributed by atoms with Crippen LogP contribution in [-0.4, -0.2) is 20.8 Å². The van der Waals surface area contributed by atoms with Crippen molar-refractivity contribution in [3.8, 4) is 0 Å². The van der Waals surface area contributed by atoms with Crippen molar-refractivity contribution in [1.29, 1.82) is 0 Å². The maximum absolute atomic E-state index is 5.28. The number of hydrogen-bond acceptors (Lipinski definition) is 2. The first kappa shape index (κ1) is 19.0. The van der Waals surface area contributed by atoms with Crippen LogP contribution in [0.15, 0.2) is 36.1 Å². The van der Waals surface area contributed by atoms with Gasteiger partial charge in [-0.3, -0.25) is 0 Å². The highest BCUT2D eigenvalue weighted by atomic mass is 16.5. The van der Waals surface area contributed by atoms with Crippen molar-refractivity contribution in [3.63, 3.8) is 0 Å². The van der Waals surface area contributed by atoms with E-state index in [1.54, 1.807) is 14.2 Å². The monoisotopic (exact) mass is 280 g/mol. The number of rotatable bonds is 11. The molecule has 0 aromatic carbocycles. The Bertz CT molecular complexity index is 326. The number of methoxy groups -OCH3 is 2. The second-order valence-corrected chi connectivity index (χ2v) is 5.84. The lowest BCUT2D eigenvalue weighted by atomic mass is 9.91. The standard InChI is InChI=1S/C18H32O2/c1-14(2)10-11-15(3)16(4)13-18(17(5)20-7)9-8-12-19-6/h13-15H,4-5,8-12H2,1-3,6-7H3/b18-13-. The normalized spacial score (nSPS) is 13.4. The van der Waals surface area contributed by atoms with Gasteiger partial charge in [-0.2, -0.15) is 0 Å². The summed E-state index contributed by atoms with van der Waals surface area (Å²) in [6, 6.07) is 0. The van der Waals surface area contributed by atoms with Gasteiger partial charge in [-0.25, -0.2) is 0 Å². The molecule has 0 heterocycles. The summed E-state index contributed by atoms with van der Waals surface area (Å²) in [5, 5.41) is 0. The van der Waals surface area contributed by atoms with Crippen LogP contribution in [0.2, 0.25) is 0 Å². The quantitative estimate of drug-likeness (QED) is 0.297. The van der Waals surface area contributed by atoms with Crippen molar-refractivity contribution in [1.82, 2.24) is 0 Å². The van der Waals surface area contributed by atoms with Gasteiger partial charge in [0.15, 0.2) is 0 Å². The SMILES string of the molecule is C=C(OC)/C(=C\C(=C)C(C)CCC(C)C)CCCOC. The molecule has 0 aromatic heterocycles. The minimum Gasteiger partial charge on any atom is -0.497 e. The Hall–Kier alpha value is -1.02. The summed E-state index contributed by atoms with van der Waals surface area (Å²) < 4.78 is 10.4. The number of ether oxygens (including phenoxy) is 2. The Morgan fingerprint density at radius 3 is 2.25 bits per heavy atom. The Labute approximate surface area is 125 Å². The van der Waals surface area contributed by atoms with Gasteiger partial charge in [-0.05, 0) is 36.7 Å². The van der Waals surface area contributed by atoms with Gasteiger partial charge in [-0.15, -0.1) is 0 Å². The zero-order chi connectivity index (χ0) is 15.5. The summed E-state index contributed by atoms with van der Waals surface area (Å²) in [7, 11) is 3.39. The Kier molecular flexibility index (Phi) is 10.2. The van der Waals surface area contributed by atoms with Crippen LogP contribution < -0.4 is 0 Å². The molecule has 0 fully saturated rings. The van der Waals surface area contributed by atoms with Crippen molar-refractivity contribution in [2.45, 2.75) is 46.5 Å². The molecule has 20 heavy (non-hydrogen) atoms. The van der Waals surface area contributed by atoms with E-state index in [4.69, 9.17) is 9.47 Å². The molecule has 0 amide bonds. The van der Waals surface area contributed by atoms with Crippen LogP contribution in [-0.2, 0) is 9.47 Å². The molecule has 0 aromatic rings. The summed E-state index contributed by atoms with van der Waals surface area (Å²) in [6.07, 6.45) is 6.44. The zero-order valence-corrected chi connectivity index (χ0v) is 14.0. The maximum atomic E-state index is 5.28. The van der Waals surface area contributed by atoms with Crippen LogP contribution in [0.1, 0.15) is 46.5 Å². The van der Waals surface area contributed by atoms with E-state index in [1.165, 1.54) is 12.8 Å². The lowest BCUT2D eigenvalue weighted by Crippen LogP contribution is -2.02. The minimum absolute atomic E-state index is 0.500. The van der Waals surface area contributed by atoms with E-state index in [2.05, 4.69) is 40.0 Å². The molecule has 0 bridgehead atoms. The van der Waals surface area contributed by atoms with Crippen molar-refractivity contribution < 1.29 is 9.47 Å². The second kappa shape index (κ2) is 10.7. The first-order chi connectivity index (χ1) is 9.42. The predicted molar refractivity (Wildman–Crippen MR) is 87.7 cm³/mol. The molecule has 0 rings (SSSR count). The molecule has 0 saturated carbocycles. The van der Waals surface area contributed by atoms with Crippen molar-refractivity contribution in [2.24, 2.45) is 11.8 Å². The van der Waals surface area contributed by atoms with Crippen LogP contribution >= 0.6 is 0 Å². The molecular weight excluding hydrogens is 248 g/mol. The topological polar surface area (TPSA) is 18.5 Å². The Morgan fingerprint density at radius 2 is 1.75 bits per heavy atom. The Morgan fingerprint density at radius 1 is 1.10 bits per heavy atom. The van der Waals surface area contributed by atoms with E-state index < -0.39 is 0 Å².